The van der Waals surface area contributed by atoms with Crippen molar-refractivity contribution in [3.8, 4) is 0 Å². The first-order valence-corrected chi connectivity index (χ1v) is 6.46. The molecule has 2 unspecified atom stereocenters. The average molecular weight is 255 g/mol. The van der Waals surface area contributed by atoms with Crippen LogP contribution in [0.15, 0.2) is 24.3 Å². The van der Waals surface area contributed by atoms with Crippen LogP contribution < -0.4 is 5.73 Å². The summed E-state index contributed by atoms with van der Waals surface area (Å²) in [7, 11) is 0. The molecular weight excluding hydrogens is 236 g/mol. The fraction of sp³-hybridized carbons (Fsp3) is 0.538. The molecule has 0 spiro atoms. The molecule has 17 heavy (non-hydrogen) atoms. The van der Waals surface area contributed by atoms with Crippen molar-refractivity contribution in [2.45, 2.75) is 25.0 Å². The van der Waals surface area contributed by atoms with Crippen molar-refractivity contribution in [1.82, 2.24) is 4.90 Å². The average Bonchev–Trinajstić information content (AvgIpc) is 2.82. The van der Waals surface area contributed by atoms with Crippen molar-refractivity contribution in [2.24, 2.45) is 5.73 Å². The van der Waals surface area contributed by atoms with Crippen LogP contribution in [0.5, 0.6) is 0 Å². The zero-order valence-electron chi connectivity index (χ0n) is 9.85. The molecule has 2 atom stereocenters. The lowest BCUT2D eigenvalue weighted by atomic mass is 10.0. The van der Waals surface area contributed by atoms with Gasteiger partial charge in [-0.15, -0.1) is 0 Å². The number of hydrogen-bond acceptors (Lipinski definition) is 3. The second-order valence-electron chi connectivity index (χ2n) is 4.67. The van der Waals surface area contributed by atoms with Crippen LogP contribution in [0, 0.1) is 0 Å². The first kappa shape index (κ1) is 12.8. The van der Waals surface area contributed by atoms with Gasteiger partial charge in [-0.1, -0.05) is 23.7 Å². The maximum atomic E-state index is 10.1. The Morgan fingerprint density at radius 3 is 2.41 bits per heavy atom. The largest absolute Gasteiger partial charge is 0.387 e. The minimum atomic E-state index is -0.618. The van der Waals surface area contributed by atoms with E-state index in [1.165, 1.54) is 12.8 Å². The van der Waals surface area contributed by atoms with E-state index < -0.39 is 6.10 Å². The molecule has 94 valence electrons. The Labute approximate surface area is 107 Å². The van der Waals surface area contributed by atoms with Gasteiger partial charge in [0, 0.05) is 17.6 Å². The van der Waals surface area contributed by atoms with E-state index in [0.29, 0.717) is 5.02 Å². The molecule has 3 N–H and O–H groups in total. The quantitative estimate of drug-likeness (QED) is 0.862. The highest BCUT2D eigenvalue weighted by molar-refractivity contribution is 6.30. The van der Waals surface area contributed by atoms with Gasteiger partial charge in [0.2, 0.25) is 0 Å². The molecule has 1 heterocycles. The third-order valence-corrected chi connectivity index (χ3v) is 3.54. The number of likely N-dealkylation sites (tertiary alicyclic amines) is 1. The summed E-state index contributed by atoms with van der Waals surface area (Å²) in [6.45, 7) is 2.95. The molecule has 1 fully saturated rings. The van der Waals surface area contributed by atoms with Crippen molar-refractivity contribution in [1.29, 1.82) is 0 Å². The summed E-state index contributed by atoms with van der Waals surface area (Å²) in [5, 5.41) is 10.8. The minimum absolute atomic E-state index is 0.241. The van der Waals surface area contributed by atoms with E-state index in [4.69, 9.17) is 17.3 Å². The van der Waals surface area contributed by atoms with Gasteiger partial charge in [0.1, 0.15) is 0 Å². The summed E-state index contributed by atoms with van der Waals surface area (Å²) < 4.78 is 0. The summed E-state index contributed by atoms with van der Waals surface area (Å²) in [6.07, 6.45) is 1.86. The number of aliphatic hydroxyl groups is 1. The van der Waals surface area contributed by atoms with Crippen LogP contribution in [0.1, 0.15) is 24.5 Å². The van der Waals surface area contributed by atoms with Crippen LogP contribution in [0.3, 0.4) is 0 Å². The first-order valence-electron chi connectivity index (χ1n) is 6.08. The fourth-order valence-electron chi connectivity index (χ4n) is 2.27. The highest BCUT2D eigenvalue weighted by Crippen LogP contribution is 2.20. The molecule has 0 amide bonds. The van der Waals surface area contributed by atoms with Gasteiger partial charge in [-0.3, -0.25) is 0 Å². The summed E-state index contributed by atoms with van der Waals surface area (Å²) in [4.78, 5) is 2.31. The number of hydrogen-bond donors (Lipinski definition) is 2. The minimum Gasteiger partial charge on any atom is -0.387 e. The third-order valence-electron chi connectivity index (χ3n) is 3.28. The van der Waals surface area contributed by atoms with E-state index in [-0.39, 0.29) is 6.04 Å². The number of halogens is 1. The maximum absolute atomic E-state index is 10.1. The van der Waals surface area contributed by atoms with Gasteiger partial charge in [0.15, 0.2) is 0 Å². The SMILES string of the molecule is NC(CN1CCCC1)C(O)c1ccc(Cl)cc1. The van der Waals surface area contributed by atoms with Gasteiger partial charge in [-0.05, 0) is 43.6 Å². The zero-order valence-corrected chi connectivity index (χ0v) is 10.6. The van der Waals surface area contributed by atoms with E-state index in [1.54, 1.807) is 12.1 Å². The third kappa shape index (κ3) is 3.42. The smallest absolute Gasteiger partial charge is 0.0953 e. The Morgan fingerprint density at radius 2 is 1.82 bits per heavy atom. The number of benzene rings is 1. The lowest BCUT2D eigenvalue weighted by Crippen LogP contribution is -2.40. The van der Waals surface area contributed by atoms with E-state index >= 15 is 0 Å². The van der Waals surface area contributed by atoms with E-state index in [0.717, 1.165) is 25.2 Å². The van der Waals surface area contributed by atoms with E-state index in [2.05, 4.69) is 4.90 Å². The molecule has 1 aliphatic rings. The molecule has 0 aromatic heterocycles. The molecule has 0 saturated carbocycles. The Kier molecular flexibility index (Phi) is 4.40. The lowest BCUT2D eigenvalue weighted by molar-refractivity contribution is 0.125. The van der Waals surface area contributed by atoms with Crippen molar-refractivity contribution >= 4 is 11.6 Å². The van der Waals surface area contributed by atoms with Crippen molar-refractivity contribution in [3.05, 3.63) is 34.9 Å². The van der Waals surface area contributed by atoms with Crippen molar-refractivity contribution in [2.75, 3.05) is 19.6 Å². The molecule has 0 bridgehead atoms. The number of rotatable bonds is 4. The van der Waals surface area contributed by atoms with Crippen LogP contribution >= 0.6 is 11.6 Å². The Morgan fingerprint density at radius 1 is 1.24 bits per heavy atom. The first-order chi connectivity index (χ1) is 8.16. The number of nitrogens with zero attached hydrogens (tertiary/aromatic N) is 1. The van der Waals surface area contributed by atoms with Crippen molar-refractivity contribution in [3.63, 3.8) is 0 Å². The highest BCUT2D eigenvalue weighted by atomic mass is 35.5. The zero-order chi connectivity index (χ0) is 12.3. The summed E-state index contributed by atoms with van der Waals surface area (Å²) in [5.74, 6) is 0. The summed E-state index contributed by atoms with van der Waals surface area (Å²) in [5.41, 5.74) is 6.88. The molecule has 1 saturated heterocycles. The fourth-order valence-corrected chi connectivity index (χ4v) is 2.40. The Hall–Kier alpha value is -0.610. The van der Waals surface area contributed by atoms with Gasteiger partial charge >= 0.3 is 0 Å². The van der Waals surface area contributed by atoms with Gasteiger partial charge in [0.05, 0.1) is 6.10 Å². The molecule has 2 rings (SSSR count). The molecule has 1 aromatic rings. The van der Waals surface area contributed by atoms with E-state index in [1.807, 2.05) is 12.1 Å². The number of nitrogens with two attached hydrogens (primary N) is 1. The standard InChI is InChI=1S/C13H19ClN2O/c14-11-5-3-10(4-6-11)13(17)12(15)9-16-7-1-2-8-16/h3-6,12-13,17H,1-2,7-9,15H2. The predicted octanol–water partition coefficient (Wildman–Crippen LogP) is 1.80. The maximum Gasteiger partial charge on any atom is 0.0953 e. The summed E-state index contributed by atoms with van der Waals surface area (Å²) in [6, 6.07) is 6.98. The Balaban J connectivity index is 1.93. The molecule has 1 aromatic carbocycles. The molecular formula is C13H19ClN2O. The topological polar surface area (TPSA) is 49.5 Å². The van der Waals surface area contributed by atoms with Crippen LogP contribution in [0.2, 0.25) is 5.02 Å². The molecule has 1 aliphatic heterocycles. The van der Waals surface area contributed by atoms with Crippen LogP contribution in [-0.2, 0) is 0 Å². The van der Waals surface area contributed by atoms with E-state index in [9.17, 15) is 5.11 Å². The molecule has 3 nitrogen and oxygen atoms in total. The number of aliphatic hydroxyl groups excluding tert-OH is 1. The molecule has 4 heteroatoms. The normalized spacial score (nSPS) is 20.4. The van der Waals surface area contributed by atoms with Gasteiger partial charge < -0.3 is 15.7 Å². The second kappa shape index (κ2) is 5.83. The summed E-state index contributed by atoms with van der Waals surface area (Å²) >= 11 is 5.81. The second-order valence-corrected chi connectivity index (χ2v) is 5.10. The van der Waals surface area contributed by atoms with Crippen LogP contribution in [0.4, 0.5) is 0 Å². The van der Waals surface area contributed by atoms with Gasteiger partial charge in [-0.25, -0.2) is 0 Å². The van der Waals surface area contributed by atoms with Crippen LogP contribution in [0.25, 0.3) is 0 Å². The van der Waals surface area contributed by atoms with Crippen molar-refractivity contribution < 1.29 is 5.11 Å². The van der Waals surface area contributed by atoms with Gasteiger partial charge in [0.25, 0.3) is 0 Å². The van der Waals surface area contributed by atoms with Gasteiger partial charge in [-0.2, -0.15) is 0 Å². The molecule has 0 aliphatic carbocycles. The monoisotopic (exact) mass is 254 g/mol. The predicted molar refractivity (Wildman–Crippen MR) is 70.1 cm³/mol. The van der Waals surface area contributed by atoms with Crippen LogP contribution in [-0.4, -0.2) is 35.7 Å². The Bertz CT molecular complexity index is 349. The lowest BCUT2D eigenvalue weighted by Gasteiger charge is -2.24. The highest BCUT2D eigenvalue weighted by Gasteiger charge is 2.21. The molecule has 0 radical (unpaired) electrons.